The maximum absolute atomic E-state index is 12.9. The number of nitrogens with zero attached hydrogens (tertiary/aromatic N) is 4. The van der Waals surface area contributed by atoms with Gasteiger partial charge in [0, 0.05) is 24.5 Å². The van der Waals surface area contributed by atoms with Crippen LogP contribution in [0.1, 0.15) is 48.8 Å². The van der Waals surface area contributed by atoms with Gasteiger partial charge in [-0.15, -0.1) is 0 Å². The van der Waals surface area contributed by atoms with E-state index in [1.165, 1.54) is 0 Å². The van der Waals surface area contributed by atoms with E-state index in [-0.39, 0.29) is 11.9 Å². The Morgan fingerprint density at radius 3 is 2.74 bits per heavy atom. The molecular formula is C17H25N5O. The average molecular weight is 315 g/mol. The van der Waals surface area contributed by atoms with Gasteiger partial charge < -0.3 is 10.2 Å². The second-order valence-corrected chi connectivity index (χ2v) is 6.61. The van der Waals surface area contributed by atoms with Crippen LogP contribution in [-0.2, 0) is 0 Å². The van der Waals surface area contributed by atoms with Crippen LogP contribution in [0.2, 0.25) is 0 Å². The molecule has 2 aromatic rings. The Morgan fingerprint density at radius 1 is 1.39 bits per heavy atom. The maximum atomic E-state index is 12.9. The first kappa shape index (κ1) is 15.9. The van der Waals surface area contributed by atoms with E-state index < -0.39 is 0 Å². The lowest BCUT2D eigenvalue weighted by Crippen LogP contribution is -2.44. The Morgan fingerprint density at radius 2 is 2.09 bits per heavy atom. The lowest BCUT2D eigenvalue weighted by Gasteiger charge is -2.32. The summed E-state index contributed by atoms with van der Waals surface area (Å²) in [7, 11) is 1.90. The molecule has 1 fully saturated rings. The van der Waals surface area contributed by atoms with Crippen LogP contribution in [0.25, 0.3) is 11.0 Å². The monoisotopic (exact) mass is 315 g/mol. The van der Waals surface area contributed by atoms with Crippen molar-refractivity contribution in [3.63, 3.8) is 0 Å². The van der Waals surface area contributed by atoms with E-state index in [1.807, 2.05) is 29.6 Å². The van der Waals surface area contributed by atoms with E-state index in [4.69, 9.17) is 0 Å². The van der Waals surface area contributed by atoms with Crippen molar-refractivity contribution in [1.82, 2.24) is 25.0 Å². The molecule has 3 rings (SSSR count). The lowest BCUT2D eigenvalue weighted by atomic mass is 10.0. The third kappa shape index (κ3) is 2.95. The minimum atomic E-state index is 0.0566. The van der Waals surface area contributed by atoms with Crippen molar-refractivity contribution in [1.29, 1.82) is 0 Å². The maximum Gasteiger partial charge on any atom is 0.255 e. The van der Waals surface area contributed by atoms with Gasteiger partial charge in [0.05, 0.1) is 17.5 Å². The highest BCUT2D eigenvalue weighted by atomic mass is 16.2. The number of amides is 1. The third-order valence-corrected chi connectivity index (χ3v) is 4.66. The Labute approximate surface area is 136 Å². The van der Waals surface area contributed by atoms with Crippen LogP contribution in [0.5, 0.6) is 0 Å². The van der Waals surface area contributed by atoms with Crippen molar-refractivity contribution in [2.24, 2.45) is 0 Å². The zero-order valence-corrected chi connectivity index (χ0v) is 14.3. The van der Waals surface area contributed by atoms with Gasteiger partial charge in [-0.05, 0) is 52.8 Å². The molecule has 1 saturated heterocycles. The fourth-order valence-corrected chi connectivity index (χ4v) is 3.21. The smallest absolute Gasteiger partial charge is 0.255 e. The molecule has 1 N–H and O–H groups in total. The Balaban J connectivity index is 1.92. The molecule has 0 radical (unpaired) electrons. The molecule has 23 heavy (non-hydrogen) atoms. The largest absolute Gasteiger partial charge is 0.339 e. The van der Waals surface area contributed by atoms with Gasteiger partial charge in [-0.1, -0.05) is 0 Å². The lowest BCUT2D eigenvalue weighted by molar-refractivity contribution is 0.0702. The van der Waals surface area contributed by atoms with Crippen LogP contribution in [0.4, 0.5) is 0 Å². The SMILES string of the molecule is Cc1nc2c(cnn2C(C)C)cc1C(=O)N(C)C1CCNCC1. The zero-order chi connectivity index (χ0) is 16.6. The number of carbonyl (C=O) groups is 1. The van der Waals surface area contributed by atoms with Crippen LogP contribution >= 0.6 is 0 Å². The molecule has 1 aliphatic heterocycles. The summed E-state index contributed by atoms with van der Waals surface area (Å²) >= 11 is 0. The molecule has 0 spiro atoms. The van der Waals surface area contributed by atoms with E-state index in [2.05, 4.69) is 29.2 Å². The molecule has 0 atom stereocenters. The summed E-state index contributed by atoms with van der Waals surface area (Å²) in [5.41, 5.74) is 2.30. The van der Waals surface area contributed by atoms with E-state index >= 15 is 0 Å². The Bertz CT molecular complexity index is 715. The van der Waals surface area contributed by atoms with Crippen molar-refractivity contribution in [2.75, 3.05) is 20.1 Å². The van der Waals surface area contributed by atoms with Crippen molar-refractivity contribution in [3.8, 4) is 0 Å². The van der Waals surface area contributed by atoms with E-state index in [9.17, 15) is 4.79 Å². The zero-order valence-electron chi connectivity index (χ0n) is 14.3. The highest BCUT2D eigenvalue weighted by molar-refractivity contribution is 5.98. The van der Waals surface area contributed by atoms with Gasteiger partial charge in [0.15, 0.2) is 5.65 Å². The standard InChI is InChI=1S/C17H25N5O/c1-11(2)22-16-13(10-19-22)9-15(12(3)20-16)17(23)21(4)14-5-7-18-8-6-14/h9-11,14,18H,5-8H2,1-4H3. The summed E-state index contributed by atoms with van der Waals surface area (Å²) in [4.78, 5) is 19.4. The van der Waals surface area contributed by atoms with Gasteiger partial charge in [-0.2, -0.15) is 5.10 Å². The Hall–Kier alpha value is -1.95. The first-order valence-corrected chi connectivity index (χ1v) is 8.31. The summed E-state index contributed by atoms with van der Waals surface area (Å²) in [5, 5.41) is 8.65. The molecule has 0 bridgehead atoms. The molecule has 0 aliphatic carbocycles. The van der Waals surface area contributed by atoms with Gasteiger partial charge in [0.25, 0.3) is 5.91 Å². The molecule has 0 unspecified atom stereocenters. The van der Waals surface area contributed by atoms with Crippen molar-refractivity contribution >= 4 is 16.9 Å². The van der Waals surface area contributed by atoms with Crippen LogP contribution < -0.4 is 5.32 Å². The second kappa shape index (κ2) is 6.28. The number of aromatic nitrogens is 3. The predicted molar refractivity (Wildman–Crippen MR) is 90.6 cm³/mol. The first-order valence-electron chi connectivity index (χ1n) is 8.31. The van der Waals surface area contributed by atoms with Gasteiger partial charge in [0.1, 0.15) is 0 Å². The molecular weight excluding hydrogens is 290 g/mol. The van der Waals surface area contributed by atoms with Crippen LogP contribution in [0.3, 0.4) is 0 Å². The number of hydrogen-bond donors (Lipinski definition) is 1. The van der Waals surface area contributed by atoms with E-state index in [0.717, 1.165) is 42.7 Å². The molecule has 6 nitrogen and oxygen atoms in total. The molecule has 6 heteroatoms. The number of fused-ring (bicyclic) bond motifs is 1. The van der Waals surface area contributed by atoms with Gasteiger partial charge in [-0.3, -0.25) is 4.79 Å². The molecule has 1 amide bonds. The summed E-state index contributed by atoms with van der Waals surface area (Å²) in [5.74, 6) is 0.0566. The molecule has 3 heterocycles. The number of aryl methyl sites for hydroxylation is 1. The number of hydrogen-bond acceptors (Lipinski definition) is 4. The average Bonchev–Trinajstić information content (AvgIpc) is 2.96. The topological polar surface area (TPSA) is 63.1 Å². The van der Waals surface area contributed by atoms with Crippen molar-refractivity contribution in [3.05, 3.63) is 23.5 Å². The summed E-state index contributed by atoms with van der Waals surface area (Å²) in [6.07, 6.45) is 3.80. The van der Waals surface area contributed by atoms with Crippen molar-refractivity contribution < 1.29 is 4.79 Å². The van der Waals surface area contributed by atoms with Crippen molar-refractivity contribution in [2.45, 2.75) is 45.7 Å². The number of piperidine rings is 1. The van der Waals surface area contributed by atoms with Gasteiger partial charge in [0.2, 0.25) is 0 Å². The fraction of sp³-hybridized carbons (Fsp3) is 0.588. The minimum Gasteiger partial charge on any atom is -0.339 e. The fourth-order valence-electron chi connectivity index (χ4n) is 3.21. The van der Waals surface area contributed by atoms with Crippen LogP contribution in [0, 0.1) is 6.92 Å². The van der Waals surface area contributed by atoms with Crippen LogP contribution in [-0.4, -0.2) is 51.8 Å². The first-order chi connectivity index (χ1) is 11.0. The normalized spacial score (nSPS) is 16.2. The van der Waals surface area contributed by atoms with E-state index in [1.54, 1.807) is 6.20 Å². The van der Waals surface area contributed by atoms with Gasteiger partial charge >= 0.3 is 0 Å². The Kier molecular flexibility index (Phi) is 4.35. The third-order valence-electron chi connectivity index (χ3n) is 4.66. The van der Waals surface area contributed by atoms with Crippen LogP contribution in [0.15, 0.2) is 12.3 Å². The molecule has 1 aliphatic rings. The highest BCUT2D eigenvalue weighted by Gasteiger charge is 2.25. The molecule has 0 saturated carbocycles. The summed E-state index contributed by atoms with van der Waals surface area (Å²) in [6, 6.07) is 2.49. The second-order valence-electron chi connectivity index (χ2n) is 6.61. The predicted octanol–water partition coefficient (Wildman–Crippen LogP) is 2.14. The summed E-state index contributed by atoms with van der Waals surface area (Å²) < 4.78 is 1.90. The number of carbonyl (C=O) groups excluding carboxylic acids is 1. The quantitative estimate of drug-likeness (QED) is 0.942. The molecule has 124 valence electrons. The summed E-state index contributed by atoms with van der Waals surface area (Å²) in [6.45, 7) is 8.00. The highest BCUT2D eigenvalue weighted by Crippen LogP contribution is 2.21. The minimum absolute atomic E-state index is 0.0566. The number of nitrogens with one attached hydrogen (secondary N) is 1. The molecule has 0 aromatic carbocycles. The van der Waals surface area contributed by atoms with Gasteiger partial charge in [-0.25, -0.2) is 9.67 Å². The van der Waals surface area contributed by atoms with E-state index in [0.29, 0.717) is 11.6 Å². The molecule has 2 aromatic heterocycles. The number of pyridine rings is 1. The number of rotatable bonds is 3.